The van der Waals surface area contributed by atoms with Crippen molar-refractivity contribution in [2.24, 2.45) is 16.7 Å². The number of nitrogens with zero attached hydrogens (tertiary/aromatic N) is 5. The number of hydrazone groups is 1. The molecule has 0 saturated carbocycles. The number of aryl methyl sites for hydroxylation is 1. The average molecular weight is 720 g/mol. The van der Waals surface area contributed by atoms with Gasteiger partial charge in [-0.1, -0.05) is 73.5 Å². The van der Waals surface area contributed by atoms with Crippen molar-refractivity contribution in [3.63, 3.8) is 0 Å². The molecule has 0 bridgehead atoms. The van der Waals surface area contributed by atoms with Crippen molar-refractivity contribution in [1.82, 2.24) is 9.55 Å². The minimum atomic E-state index is -1.09. The number of rotatable bonds is 20. The lowest BCUT2D eigenvalue weighted by Gasteiger charge is -2.13. The van der Waals surface area contributed by atoms with Gasteiger partial charge >= 0.3 is 5.97 Å². The van der Waals surface area contributed by atoms with Crippen molar-refractivity contribution >= 4 is 29.9 Å². The number of carbonyl (C=O) groups is 2. The van der Waals surface area contributed by atoms with Crippen LogP contribution in [-0.2, 0) is 41.7 Å². The van der Waals surface area contributed by atoms with Crippen molar-refractivity contribution in [3.8, 4) is 11.1 Å². The van der Waals surface area contributed by atoms with Crippen molar-refractivity contribution in [1.29, 1.82) is 0 Å². The molecule has 50 heavy (non-hydrogen) atoms. The van der Waals surface area contributed by atoms with Crippen LogP contribution in [0, 0.1) is 27.2 Å². The Morgan fingerprint density at radius 1 is 1.10 bits per heavy atom. The summed E-state index contributed by atoms with van der Waals surface area (Å²) in [4.78, 5) is 54.3. The topological polar surface area (TPSA) is 240 Å². The van der Waals surface area contributed by atoms with Crippen molar-refractivity contribution in [2.75, 3.05) is 13.2 Å². The van der Waals surface area contributed by atoms with Crippen LogP contribution in [0.25, 0.3) is 11.1 Å². The third-order valence-corrected chi connectivity index (χ3v) is 7.66. The Bertz CT molecular complexity index is 1580. The highest BCUT2D eigenvalue weighted by Gasteiger charge is 2.17. The molecule has 0 amide bonds. The number of benzene rings is 2. The van der Waals surface area contributed by atoms with E-state index in [0.717, 1.165) is 54.0 Å². The van der Waals surface area contributed by atoms with Crippen molar-refractivity contribution in [2.45, 2.75) is 78.0 Å². The lowest BCUT2D eigenvalue weighted by atomic mass is 9.98. The molecule has 0 aliphatic carbocycles. The van der Waals surface area contributed by atoms with Gasteiger partial charge in [0.2, 0.25) is 0 Å². The highest BCUT2D eigenvalue weighted by molar-refractivity contribution is 6.30. The van der Waals surface area contributed by atoms with Gasteiger partial charge < -0.3 is 35.3 Å². The molecule has 2 unspecified atom stereocenters. The van der Waals surface area contributed by atoms with E-state index < -0.39 is 35.0 Å². The second-order valence-electron chi connectivity index (χ2n) is 10.9. The fourth-order valence-electron chi connectivity index (χ4n) is 4.63. The summed E-state index contributed by atoms with van der Waals surface area (Å²) in [6, 6.07) is 16.3. The van der Waals surface area contributed by atoms with Gasteiger partial charge in [0.25, 0.3) is 16.6 Å². The molecule has 2 atom stereocenters. The molecule has 4 N–H and O–H groups in total. The molecule has 1 heterocycles. The zero-order chi connectivity index (χ0) is 37.1. The molecule has 0 aliphatic rings. The summed E-state index contributed by atoms with van der Waals surface area (Å²) >= 11 is 6.28. The predicted octanol–water partition coefficient (Wildman–Crippen LogP) is 4.53. The third-order valence-electron chi connectivity index (χ3n) is 7.30. The molecule has 2 aromatic carbocycles. The minimum absolute atomic E-state index is 0.00662. The fourth-order valence-corrected chi connectivity index (χ4v) is 4.83. The number of halogens is 1. The van der Waals surface area contributed by atoms with Crippen LogP contribution in [-0.4, -0.2) is 63.4 Å². The van der Waals surface area contributed by atoms with E-state index in [1.807, 2.05) is 31.2 Å². The van der Waals surface area contributed by atoms with Crippen LogP contribution >= 0.6 is 11.6 Å². The maximum absolute atomic E-state index is 11.2. The molecule has 18 heteroatoms. The number of imidazole rings is 1. The van der Waals surface area contributed by atoms with E-state index in [-0.39, 0.29) is 19.5 Å². The molecule has 272 valence electrons. The van der Waals surface area contributed by atoms with Gasteiger partial charge in [0.1, 0.15) is 23.7 Å². The Morgan fingerprint density at radius 3 is 2.42 bits per heavy atom. The molecule has 0 spiro atoms. The molecule has 0 aliphatic heterocycles. The molecule has 1 aromatic heterocycles. The number of nitrogens with two attached hydrogens (primary N) is 2. The Labute approximate surface area is 293 Å². The van der Waals surface area contributed by atoms with Crippen LogP contribution in [0.1, 0.15) is 68.6 Å². The van der Waals surface area contributed by atoms with Crippen LogP contribution in [0.4, 0.5) is 0 Å². The smallest absolute Gasteiger partial charge is 0.347 e. The van der Waals surface area contributed by atoms with Crippen LogP contribution < -0.4 is 11.6 Å². The van der Waals surface area contributed by atoms with Gasteiger partial charge in [0.05, 0.1) is 12.3 Å². The monoisotopic (exact) mass is 719 g/mol. The summed E-state index contributed by atoms with van der Waals surface area (Å²) in [6.45, 7) is 5.85. The lowest BCUT2D eigenvalue weighted by molar-refractivity contribution is -0.790. The standard InChI is InChI=1S/C22H26ClN5.C10H16N2O10/c1-3-4-9-20-26-21(23)15(2)28(20)14-16-10-12-17(13-11-16)18-7-5-6-8-19(18)22(24)27-25;1-8(20-7-13)10(14)19-5-3-2-4-9(22-12(17)18)6-21-11(15)16/h5-8,10-13H,3-4,9,14,25H2,1-2H3,(H2,24,27);7-9H,2-6H2,1H3. The summed E-state index contributed by atoms with van der Waals surface area (Å²) < 4.78 is 11.4. The Balaban J connectivity index is 0.000000359. The summed E-state index contributed by atoms with van der Waals surface area (Å²) in [7, 11) is 0. The van der Waals surface area contributed by atoms with E-state index in [0.29, 0.717) is 23.8 Å². The largest absolute Gasteiger partial charge is 0.463 e. The third kappa shape index (κ3) is 13.6. The summed E-state index contributed by atoms with van der Waals surface area (Å²) in [5.74, 6) is 6.02. The molecular weight excluding hydrogens is 678 g/mol. The molecule has 3 aromatic rings. The second kappa shape index (κ2) is 21.5. The number of unbranched alkanes of at least 4 members (excludes halogenated alkanes) is 2. The van der Waals surface area contributed by atoms with Gasteiger partial charge in [-0.3, -0.25) is 4.79 Å². The zero-order valence-corrected chi connectivity index (χ0v) is 28.8. The quantitative estimate of drug-likeness (QED) is 0.0239. The highest BCUT2D eigenvalue weighted by atomic mass is 35.5. The van der Waals surface area contributed by atoms with Gasteiger partial charge in [-0.15, -0.1) is 20.2 Å². The zero-order valence-electron chi connectivity index (χ0n) is 28.1. The van der Waals surface area contributed by atoms with Gasteiger partial charge in [0.15, 0.2) is 11.9 Å². The number of esters is 1. The number of hydrogen-bond acceptors (Lipinski definition) is 13. The van der Waals surface area contributed by atoms with Gasteiger partial charge in [-0.2, -0.15) is 5.10 Å². The maximum atomic E-state index is 11.2. The molecule has 17 nitrogen and oxygen atoms in total. The minimum Gasteiger partial charge on any atom is -0.463 e. The maximum Gasteiger partial charge on any atom is 0.347 e. The first-order chi connectivity index (χ1) is 23.9. The van der Waals surface area contributed by atoms with Crippen LogP contribution in [0.2, 0.25) is 5.15 Å². The van der Waals surface area contributed by atoms with Crippen LogP contribution in [0.15, 0.2) is 53.6 Å². The number of amidine groups is 1. The molecule has 3 rings (SSSR count). The average Bonchev–Trinajstić information content (AvgIpc) is 3.36. The van der Waals surface area contributed by atoms with E-state index in [2.05, 4.69) is 60.3 Å². The Hall–Kier alpha value is -5.45. The van der Waals surface area contributed by atoms with Crippen molar-refractivity contribution < 1.29 is 38.9 Å². The van der Waals surface area contributed by atoms with E-state index in [4.69, 9.17) is 27.9 Å². The summed E-state index contributed by atoms with van der Waals surface area (Å²) in [6.07, 6.45) is 1.86. The predicted molar refractivity (Wildman–Crippen MR) is 183 cm³/mol. The first-order valence-corrected chi connectivity index (χ1v) is 16.1. The molecule has 0 radical (unpaired) electrons. The summed E-state index contributed by atoms with van der Waals surface area (Å²) in [5, 5.41) is 22.3. The highest BCUT2D eigenvalue weighted by Crippen LogP contribution is 2.25. The molecular formula is C32H42ClN7O10. The second-order valence-corrected chi connectivity index (χ2v) is 11.2. The van der Waals surface area contributed by atoms with E-state index >= 15 is 0 Å². The van der Waals surface area contributed by atoms with Crippen LogP contribution in [0.3, 0.4) is 0 Å². The van der Waals surface area contributed by atoms with Gasteiger partial charge in [-0.05, 0) is 56.2 Å². The molecule has 0 saturated heterocycles. The van der Waals surface area contributed by atoms with E-state index in [9.17, 15) is 29.8 Å². The van der Waals surface area contributed by atoms with Gasteiger partial charge in [-0.25, -0.2) is 9.78 Å². The lowest BCUT2D eigenvalue weighted by Crippen LogP contribution is -2.25. The van der Waals surface area contributed by atoms with E-state index in [1.54, 1.807) is 0 Å². The number of carbonyl (C=O) groups excluding carboxylic acids is 2. The first kappa shape index (κ1) is 40.7. The van der Waals surface area contributed by atoms with Gasteiger partial charge in [0, 0.05) is 18.5 Å². The number of aromatic nitrogens is 2. The van der Waals surface area contributed by atoms with Crippen LogP contribution in [0.5, 0.6) is 0 Å². The Morgan fingerprint density at radius 2 is 1.80 bits per heavy atom. The SMILES string of the molecule is CC(OC=O)C(=O)OCCCCC(CO[N+](=O)[O-])O[N+](=O)[O-].CCCCc1nc(Cl)c(C)n1Cc1ccc(-c2ccccc2/C(N)=N/N)cc1. The normalized spacial score (nSPS) is 12.1. The Kier molecular flexibility index (Phi) is 17.5. The molecule has 0 fully saturated rings. The van der Waals surface area contributed by atoms with E-state index in [1.165, 1.54) is 12.5 Å². The fraction of sp³-hybridized carbons (Fsp3) is 0.438. The number of hydrogen-bond donors (Lipinski definition) is 2. The number of ether oxygens (including phenoxy) is 2. The summed E-state index contributed by atoms with van der Waals surface area (Å²) in [5.41, 5.74) is 11.0. The first-order valence-electron chi connectivity index (χ1n) is 15.7. The van der Waals surface area contributed by atoms with Crippen molar-refractivity contribution in [3.05, 3.63) is 96.6 Å².